The van der Waals surface area contributed by atoms with Gasteiger partial charge in [-0.15, -0.1) is 0 Å². The summed E-state index contributed by atoms with van der Waals surface area (Å²) in [6, 6.07) is 4.70. The van der Waals surface area contributed by atoms with Crippen molar-refractivity contribution < 1.29 is 19.1 Å². The Morgan fingerprint density at radius 1 is 1.29 bits per heavy atom. The number of piperazine rings is 1. The molecule has 1 atom stereocenters. The predicted molar refractivity (Wildman–Crippen MR) is 78.7 cm³/mol. The number of nitrogens with zero attached hydrogens (tertiary/aromatic N) is 1. The van der Waals surface area contributed by atoms with Gasteiger partial charge in [-0.25, -0.2) is 0 Å². The summed E-state index contributed by atoms with van der Waals surface area (Å²) < 4.78 is 10.5. The Bertz CT molecular complexity index is 544. The van der Waals surface area contributed by atoms with Gasteiger partial charge in [-0.2, -0.15) is 0 Å². The normalized spacial score (nSPS) is 18.4. The van der Waals surface area contributed by atoms with Crippen LogP contribution in [0.15, 0.2) is 18.2 Å². The second-order valence-corrected chi connectivity index (χ2v) is 4.87. The average Bonchev–Trinajstić information content (AvgIpc) is 2.50. The van der Waals surface area contributed by atoms with E-state index in [4.69, 9.17) is 9.47 Å². The Balaban J connectivity index is 2.38. The Morgan fingerprint density at radius 3 is 2.67 bits per heavy atom. The largest absolute Gasteiger partial charge is 0.497 e. The van der Waals surface area contributed by atoms with Crippen molar-refractivity contribution in [3.8, 4) is 11.5 Å². The van der Waals surface area contributed by atoms with E-state index in [0.29, 0.717) is 23.6 Å². The smallest absolute Gasteiger partial charge is 0.250 e. The number of methoxy groups -OCH3 is 2. The lowest BCUT2D eigenvalue weighted by Crippen LogP contribution is -2.58. The molecular formula is C15H20N2O4. The number of benzene rings is 1. The van der Waals surface area contributed by atoms with Crippen LogP contribution in [0.25, 0.3) is 0 Å². The van der Waals surface area contributed by atoms with Crippen molar-refractivity contribution in [2.75, 3.05) is 25.7 Å². The molecule has 1 aromatic rings. The van der Waals surface area contributed by atoms with Crippen LogP contribution >= 0.6 is 0 Å². The van der Waals surface area contributed by atoms with Gasteiger partial charge in [-0.1, -0.05) is 13.3 Å². The molecule has 0 aromatic heterocycles. The van der Waals surface area contributed by atoms with Gasteiger partial charge in [0, 0.05) is 6.07 Å². The highest BCUT2D eigenvalue weighted by Gasteiger charge is 2.34. The molecule has 1 fully saturated rings. The summed E-state index contributed by atoms with van der Waals surface area (Å²) in [5, 5.41) is 2.73. The van der Waals surface area contributed by atoms with Crippen molar-refractivity contribution in [2.45, 2.75) is 25.8 Å². The Hall–Kier alpha value is -2.24. The van der Waals surface area contributed by atoms with Gasteiger partial charge >= 0.3 is 0 Å². The van der Waals surface area contributed by atoms with Gasteiger partial charge in [0.2, 0.25) is 11.8 Å². The first-order valence-corrected chi connectivity index (χ1v) is 6.93. The van der Waals surface area contributed by atoms with Crippen LogP contribution in [0.1, 0.15) is 19.8 Å². The second-order valence-electron chi connectivity index (χ2n) is 4.87. The fraction of sp³-hybridized carbons (Fsp3) is 0.467. The van der Waals surface area contributed by atoms with Crippen LogP contribution in [0.5, 0.6) is 11.5 Å². The van der Waals surface area contributed by atoms with E-state index < -0.39 is 6.04 Å². The summed E-state index contributed by atoms with van der Waals surface area (Å²) in [4.78, 5) is 25.9. The maximum absolute atomic E-state index is 12.5. The van der Waals surface area contributed by atoms with Crippen molar-refractivity contribution >= 4 is 17.5 Å². The molecule has 0 radical (unpaired) electrons. The number of ether oxygens (including phenoxy) is 2. The van der Waals surface area contributed by atoms with Gasteiger partial charge in [0.25, 0.3) is 0 Å². The van der Waals surface area contributed by atoms with Crippen molar-refractivity contribution in [3.63, 3.8) is 0 Å². The third kappa shape index (κ3) is 3.09. The van der Waals surface area contributed by atoms with E-state index in [9.17, 15) is 9.59 Å². The highest BCUT2D eigenvalue weighted by molar-refractivity contribution is 6.07. The fourth-order valence-electron chi connectivity index (χ4n) is 2.41. The molecule has 0 aliphatic carbocycles. The molecule has 6 heteroatoms. The predicted octanol–water partition coefficient (Wildman–Crippen LogP) is 1.34. The standard InChI is InChI=1S/C15H20N2O4/c1-4-5-11-15(19)17(9-14(18)16-11)12-8-10(20-2)6-7-13(12)21-3/h6-8,11H,4-5,9H2,1-3H3,(H,16,18). The summed E-state index contributed by atoms with van der Waals surface area (Å²) in [7, 11) is 3.08. The summed E-state index contributed by atoms with van der Waals surface area (Å²) in [6.07, 6.45) is 1.44. The minimum atomic E-state index is -0.479. The first kappa shape index (κ1) is 15.2. The number of nitrogens with one attached hydrogen (secondary N) is 1. The third-order valence-corrected chi connectivity index (χ3v) is 3.46. The molecular weight excluding hydrogens is 272 g/mol. The molecule has 6 nitrogen and oxygen atoms in total. The van der Waals surface area contributed by atoms with E-state index in [2.05, 4.69) is 5.32 Å². The zero-order valence-corrected chi connectivity index (χ0v) is 12.5. The highest BCUT2D eigenvalue weighted by Crippen LogP contribution is 2.33. The number of amides is 2. The van der Waals surface area contributed by atoms with Gasteiger partial charge in [0.15, 0.2) is 0 Å². The van der Waals surface area contributed by atoms with Crippen molar-refractivity contribution in [3.05, 3.63) is 18.2 Å². The van der Waals surface area contributed by atoms with E-state index in [1.165, 1.54) is 12.0 Å². The van der Waals surface area contributed by atoms with Crippen LogP contribution < -0.4 is 19.7 Å². The van der Waals surface area contributed by atoms with Crippen LogP contribution in [0.2, 0.25) is 0 Å². The third-order valence-electron chi connectivity index (χ3n) is 3.46. The fourth-order valence-corrected chi connectivity index (χ4v) is 2.41. The Labute approximate surface area is 124 Å². The molecule has 1 saturated heterocycles. The second kappa shape index (κ2) is 6.47. The van der Waals surface area contributed by atoms with Gasteiger partial charge < -0.3 is 14.8 Å². The average molecular weight is 292 g/mol. The molecule has 1 aliphatic heterocycles. The maximum Gasteiger partial charge on any atom is 0.250 e. The Morgan fingerprint density at radius 2 is 2.05 bits per heavy atom. The molecule has 1 aliphatic rings. The molecule has 0 spiro atoms. The van der Waals surface area contributed by atoms with Crippen molar-refractivity contribution in [2.24, 2.45) is 0 Å². The molecule has 0 saturated carbocycles. The number of hydrogen-bond donors (Lipinski definition) is 1. The van der Waals surface area contributed by atoms with E-state index in [0.717, 1.165) is 6.42 Å². The zero-order valence-electron chi connectivity index (χ0n) is 12.5. The number of carbonyl (C=O) groups excluding carboxylic acids is 2. The molecule has 1 aromatic carbocycles. The lowest BCUT2D eigenvalue weighted by Gasteiger charge is -2.33. The van der Waals surface area contributed by atoms with Crippen LogP contribution in [-0.2, 0) is 9.59 Å². The van der Waals surface area contributed by atoms with Crippen LogP contribution in [-0.4, -0.2) is 38.6 Å². The highest BCUT2D eigenvalue weighted by atomic mass is 16.5. The molecule has 1 unspecified atom stereocenters. The molecule has 2 rings (SSSR count). The summed E-state index contributed by atoms with van der Waals surface area (Å²) in [5.74, 6) is 0.853. The number of anilines is 1. The van der Waals surface area contributed by atoms with Gasteiger partial charge in [-0.3, -0.25) is 14.5 Å². The van der Waals surface area contributed by atoms with E-state index in [1.54, 1.807) is 25.3 Å². The van der Waals surface area contributed by atoms with Crippen molar-refractivity contribution in [1.29, 1.82) is 0 Å². The maximum atomic E-state index is 12.5. The molecule has 1 N–H and O–H groups in total. The number of hydrogen-bond acceptors (Lipinski definition) is 4. The molecule has 1 heterocycles. The monoisotopic (exact) mass is 292 g/mol. The minimum Gasteiger partial charge on any atom is -0.497 e. The number of rotatable bonds is 5. The summed E-state index contributed by atoms with van der Waals surface area (Å²) >= 11 is 0. The van der Waals surface area contributed by atoms with Crippen molar-refractivity contribution in [1.82, 2.24) is 5.32 Å². The molecule has 114 valence electrons. The molecule has 21 heavy (non-hydrogen) atoms. The first-order valence-electron chi connectivity index (χ1n) is 6.93. The number of carbonyl (C=O) groups is 2. The van der Waals surface area contributed by atoms with Crippen LogP contribution in [0.3, 0.4) is 0 Å². The quantitative estimate of drug-likeness (QED) is 0.889. The molecule has 2 amide bonds. The molecule has 0 bridgehead atoms. The Kier molecular flexibility index (Phi) is 4.67. The van der Waals surface area contributed by atoms with Gasteiger partial charge in [0.05, 0.1) is 19.9 Å². The van der Waals surface area contributed by atoms with E-state index in [1.807, 2.05) is 6.92 Å². The van der Waals surface area contributed by atoms with Crippen LogP contribution in [0.4, 0.5) is 5.69 Å². The van der Waals surface area contributed by atoms with Gasteiger partial charge in [0.1, 0.15) is 24.1 Å². The topological polar surface area (TPSA) is 67.9 Å². The summed E-state index contributed by atoms with van der Waals surface area (Å²) in [6.45, 7) is 1.97. The summed E-state index contributed by atoms with van der Waals surface area (Å²) in [5.41, 5.74) is 0.554. The van der Waals surface area contributed by atoms with Gasteiger partial charge in [-0.05, 0) is 18.6 Å². The van der Waals surface area contributed by atoms with E-state index >= 15 is 0 Å². The van der Waals surface area contributed by atoms with Crippen LogP contribution in [0, 0.1) is 0 Å². The SMILES string of the molecule is CCCC1NC(=O)CN(c2cc(OC)ccc2OC)C1=O. The zero-order chi connectivity index (χ0) is 15.4. The van der Waals surface area contributed by atoms with E-state index in [-0.39, 0.29) is 18.4 Å². The minimum absolute atomic E-state index is 0.0113. The lowest BCUT2D eigenvalue weighted by atomic mass is 10.1. The lowest BCUT2D eigenvalue weighted by molar-refractivity contribution is -0.131. The first-order chi connectivity index (χ1) is 10.1.